The Morgan fingerprint density at radius 3 is 1.61 bits per heavy atom. The standard InChI is InChI=1S/C15H33NO3Si.C12H26N2O3Si/c1-7-17-20(18-8-2,19-9-3)12-10-11-16-15(6)13-14(4)5;1-4-15-18(16-5-2,17-6-3)11-7-9-14-10-8-13-12-14/h14H,7-13H2,1-6H3;12H,4-11H2,1-3H3. The second-order valence-electron chi connectivity index (χ2n) is 9.44. The molecule has 0 spiro atoms. The summed E-state index contributed by atoms with van der Waals surface area (Å²) in [4.78, 5) is 11.1. The number of hydrogen-bond acceptors (Lipinski definition) is 9. The zero-order valence-electron chi connectivity index (χ0n) is 26.1. The van der Waals surface area contributed by atoms with E-state index in [1.54, 1.807) is 0 Å². The quantitative estimate of drug-likeness (QED) is 0.0927. The van der Waals surface area contributed by atoms with E-state index in [0.29, 0.717) is 45.6 Å². The van der Waals surface area contributed by atoms with Crippen LogP contribution in [0.5, 0.6) is 0 Å². The van der Waals surface area contributed by atoms with E-state index in [9.17, 15) is 0 Å². The molecule has 38 heavy (non-hydrogen) atoms. The molecule has 226 valence electrons. The highest BCUT2D eigenvalue weighted by atomic mass is 28.4. The lowest BCUT2D eigenvalue weighted by Crippen LogP contribution is -2.46. The van der Waals surface area contributed by atoms with Gasteiger partial charge in [0.25, 0.3) is 0 Å². The van der Waals surface area contributed by atoms with Crippen molar-refractivity contribution in [2.45, 2.75) is 93.7 Å². The molecule has 0 saturated heterocycles. The second kappa shape index (κ2) is 23.1. The highest BCUT2D eigenvalue weighted by Gasteiger charge is 2.40. The van der Waals surface area contributed by atoms with Crippen molar-refractivity contribution in [2.24, 2.45) is 15.9 Å². The summed E-state index contributed by atoms with van der Waals surface area (Å²) in [7, 11) is -4.91. The third kappa shape index (κ3) is 17.1. The van der Waals surface area contributed by atoms with Crippen LogP contribution in [0.2, 0.25) is 12.1 Å². The van der Waals surface area contributed by atoms with Crippen LogP contribution in [0.4, 0.5) is 0 Å². The van der Waals surface area contributed by atoms with Gasteiger partial charge in [-0.05, 0) is 73.6 Å². The van der Waals surface area contributed by atoms with E-state index in [0.717, 1.165) is 57.5 Å². The van der Waals surface area contributed by atoms with Crippen molar-refractivity contribution in [3.05, 3.63) is 0 Å². The minimum Gasteiger partial charge on any atom is -0.374 e. The Morgan fingerprint density at radius 2 is 1.24 bits per heavy atom. The molecule has 0 aromatic carbocycles. The molecular weight excluding hydrogens is 518 g/mol. The predicted octanol–water partition coefficient (Wildman–Crippen LogP) is 5.70. The zero-order valence-corrected chi connectivity index (χ0v) is 28.1. The van der Waals surface area contributed by atoms with Crippen molar-refractivity contribution in [1.29, 1.82) is 0 Å². The molecule has 0 saturated carbocycles. The topological polar surface area (TPSA) is 83.3 Å². The van der Waals surface area contributed by atoms with Gasteiger partial charge in [0, 0.05) is 77.1 Å². The predicted molar refractivity (Wildman–Crippen MR) is 162 cm³/mol. The SMILES string of the molecule is CCO[Si](CCCN1C=NCC1)(OCC)OCC.CCO[Si](CCCN=C(C)CC(C)C)(OCC)OCC. The summed E-state index contributed by atoms with van der Waals surface area (Å²) in [6.45, 7) is 26.2. The van der Waals surface area contributed by atoms with E-state index >= 15 is 0 Å². The fourth-order valence-electron chi connectivity index (χ4n) is 4.31. The lowest BCUT2D eigenvalue weighted by molar-refractivity contribution is 0.0699. The molecule has 0 N–H and O–H groups in total. The van der Waals surface area contributed by atoms with Gasteiger partial charge in [-0.2, -0.15) is 0 Å². The van der Waals surface area contributed by atoms with Crippen LogP contribution in [0.3, 0.4) is 0 Å². The Bertz CT molecular complexity index is 592. The molecule has 11 heteroatoms. The Kier molecular flexibility index (Phi) is 22.7. The smallest absolute Gasteiger partial charge is 0.374 e. The normalized spacial score (nSPS) is 14.4. The van der Waals surface area contributed by atoms with Crippen molar-refractivity contribution in [3.8, 4) is 0 Å². The van der Waals surface area contributed by atoms with Crippen LogP contribution in [-0.4, -0.2) is 100 Å². The molecule has 0 radical (unpaired) electrons. The van der Waals surface area contributed by atoms with Crippen molar-refractivity contribution >= 4 is 29.7 Å². The van der Waals surface area contributed by atoms with Crippen LogP contribution >= 0.6 is 0 Å². The Morgan fingerprint density at radius 1 is 0.789 bits per heavy atom. The average Bonchev–Trinajstić information content (AvgIpc) is 3.37. The molecule has 1 heterocycles. The van der Waals surface area contributed by atoms with Crippen LogP contribution in [0.15, 0.2) is 9.98 Å². The van der Waals surface area contributed by atoms with Crippen LogP contribution in [-0.2, 0) is 26.6 Å². The molecule has 1 rings (SSSR count). The lowest BCUT2D eigenvalue weighted by Gasteiger charge is -2.29. The third-order valence-corrected chi connectivity index (χ3v) is 11.9. The van der Waals surface area contributed by atoms with E-state index in [1.165, 1.54) is 5.71 Å². The van der Waals surface area contributed by atoms with Gasteiger partial charge in [0.15, 0.2) is 0 Å². The molecule has 0 aromatic heterocycles. The summed E-state index contributed by atoms with van der Waals surface area (Å²) < 4.78 is 34.9. The van der Waals surface area contributed by atoms with Crippen LogP contribution < -0.4 is 0 Å². The highest BCUT2D eigenvalue weighted by Crippen LogP contribution is 2.19. The van der Waals surface area contributed by atoms with Crippen LogP contribution in [0, 0.1) is 5.92 Å². The van der Waals surface area contributed by atoms with Gasteiger partial charge < -0.3 is 31.5 Å². The summed E-state index contributed by atoms with van der Waals surface area (Å²) >= 11 is 0. The molecular formula is C27H59N3O6Si2. The average molecular weight is 578 g/mol. The molecule has 0 fully saturated rings. The summed E-state index contributed by atoms with van der Waals surface area (Å²) in [6, 6.07) is 1.73. The molecule has 0 unspecified atom stereocenters. The minimum absolute atomic E-state index is 0.641. The first kappa shape index (κ1) is 37.3. The molecule has 0 aliphatic carbocycles. The van der Waals surface area contributed by atoms with Gasteiger partial charge in [-0.15, -0.1) is 0 Å². The van der Waals surface area contributed by atoms with Gasteiger partial charge in [0.2, 0.25) is 0 Å². The Hall–Kier alpha value is -0.666. The fourth-order valence-corrected chi connectivity index (χ4v) is 9.50. The first-order chi connectivity index (χ1) is 18.3. The monoisotopic (exact) mass is 577 g/mol. The molecule has 0 aromatic rings. The lowest BCUT2D eigenvalue weighted by atomic mass is 10.1. The van der Waals surface area contributed by atoms with Gasteiger partial charge >= 0.3 is 17.6 Å². The van der Waals surface area contributed by atoms with Gasteiger partial charge in [-0.25, -0.2) is 0 Å². The second-order valence-corrected chi connectivity index (χ2v) is 14.9. The van der Waals surface area contributed by atoms with E-state index in [4.69, 9.17) is 26.6 Å². The van der Waals surface area contributed by atoms with E-state index in [1.807, 2.05) is 47.9 Å². The van der Waals surface area contributed by atoms with Crippen LogP contribution in [0.25, 0.3) is 0 Å². The minimum atomic E-state index is -2.47. The molecule has 0 bridgehead atoms. The molecule has 0 amide bonds. The first-order valence-electron chi connectivity index (χ1n) is 14.8. The largest absolute Gasteiger partial charge is 0.500 e. The Balaban J connectivity index is 0.000000724. The van der Waals surface area contributed by atoms with Gasteiger partial charge in [-0.3, -0.25) is 9.98 Å². The van der Waals surface area contributed by atoms with Gasteiger partial charge in [0.1, 0.15) is 0 Å². The zero-order chi connectivity index (χ0) is 28.7. The third-order valence-electron chi connectivity index (χ3n) is 5.60. The summed E-state index contributed by atoms with van der Waals surface area (Å²) in [5.74, 6) is 0.669. The maximum Gasteiger partial charge on any atom is 0.500 e. The van der Waals surface area contributed by atoms with Gasteiger partial charge in [0.05, 0.1) is 12.9 Å². The Labute approximate surface area is 236 Å². The summed E-state index contributed by atoms with van der Waals surface area (Å²) in [6.07, 6.45) is 5.00. The summed E-state index contributed by atoms with van der Waals surface area (Å²) in [5, 5.41) is 0. The molecule has 1 aliphatic heterocycles. The van der Waals surface area contributed by atoms with Crippen molar-refractivity contribution in [1.82, 2.24) is 4.90 Å². The number of rotatable bonds is 22. The van der Waals surface area contributed by atoms with Crippen molar-refractivity contribution in [2.75, 3.05) is 65.8 Å². The summed E-state index contributed by atoms with van der Waals surface area (Å²) in [5.41, 5.74) is 1.23. The molecule has 9 nitrogen and oxygen atoms in total. The number of hydrogen-bond donors (Lipinski definition) is 0. The van der Waals surface area contributed by atoms with E-state index in [-0.39, 0.29) is 0 Å². The maximum absolute atomic E-state index is 5.83. The van der Waals surface area contributed by atoms with Crippen molar-refractivity contribution in [3.63, 3.8) is 0 Å². The maximum atomic E-state index is 5.83. The van der Waals surface area contributed by atoms with Crippen molar-refractivity contribution < 1.29 is 26.6 Å². The first-order valence-corrected chi connectivity index (χ1v) is 18.7. The number of aliphatic imine (C=N–C) groups is 2. The van der Waals surface area contributed by atoms with E-state index < -0.39 is 17.6 Å². The molecule has 1 aliphatic rings. The molecule has 0 atom stereocenters. The van der Waals surface area contributed by atoms with Gasteiger partial charge in [-0.1, -0.05) is 13.8 Å². The van der Waals surface area contributed by atoms with E-state index in [2.05, 4.69) is 35.7 Å². The highest BCUT2D eigenvalue weighted by molar-refractivity contribution is 6.61. The number of nitrogens with zero attached hydrogens (tertiary/aromatic N) is 3. The fraction of sp³-hybridized carbons (Fsp3) is 0.926. The van der Waals surface area contributed by atoms with Crippen LogP contribution in [0.1, 0.15) is 81.6 Å².